The first-order chi connectivity index (χ1) is 25.1. The van der Waals surface area contributed by atoms with Crippen LogP contribution in [0.15, 0.2) is 48.6 Å². The van der Waals surface area contributed by atoms with Gasteiger partial charge in [-0.15, -0.1) is 0 Å². The van der Waals surface area contributed by atoms with Crippen LogP contribution in [-0.2, 0) is 28.6 Å². The monoisotopic (exact) mass is 732 g/mol. The highest BCUT2D eigenvalue weighted by Gasteiger charge is 2.25. The van der Waals surface area contributed by atoms with Crippen LogP contribution in [-0.4, -0.2) is 75.5 Å². The summed E-state index contributed by atoms with van der Waals surface area (Å²) in [6.07, 6.45) is 40.3. The molecule has 0 N–H and O–H groups in total. The molecule has 0 aliphatic rings. The molecule has 0 fully saturated rings. The number of nitrogens with zero attached hydrogens (tertiary/aromatic N) is 1. The minimum absolute atomic E-state index is 0.0275. The SMILES string of the molecule is CC/C=C/C/C=C/C/C=C/CCCCCCCCCCCCCC(=O)OC(COCCC(C(=O)[O-])[N+](C)(C)C)COC(=O)CC/C=C/CCCCC. The van der Waals surface area contributed by atoms with Crippen molar-refractivity contribution in [2.24, 2.45) is 0 Å². The molecule has 0 aliphatic carbocycles. The number of aliphatic carboxylic acids is 1. The Morgan fingerprint density at radius 2 is 1.12 bits per heavy atom. The third kappa shape index (κ3) is 33.1. The Bertz CT molecular complexity index is 995. The topological polar surface area (TPSA) is 102 Å². The van der Waals surface area contributed by atoms with Gasteiger partial charge in [0.1, 0.15) is 12.6 Å². The van der Waals surface area contributed by atoms with Crippen molar-refractivity contribution in [3.8, 4) is 0 Å². The van der Waals surface area contributed by atoms with Gasteiger partial charge in [-0.25, -0.2) is 0 Å². The molecule has 0 aromatic rings. The van der Waals surface area contributed by atoms with Gasteiger partial charge in [-0.1, -0.05) is 133 Å². The standard InChI is InChI=1S/C44H77NO7/c1-6-8-10-12-14-15-16-17-18-19-20-21-22-23-24-25-26-27-29-31-33-35-43(47)52-40(38-50-37-36-41(44(48)49)45(3,4)5)39-51-42(46)34-32-30-28-13-11-9-7-2/h8,10,14-15,17-18,28,30,40-41H,6-7,9,11-13,16,19-27,29,31-39H2,1-5H3/b10-8+,15-14+,18-17+,30-28+. The number of rotatable bonds is 36. The van der Waals surface area contributed by atoms with E-state index in [9.17, 15) is 19.5 Å². The number of carbonyl (C=O) groups excluding carboxylic acids is 3. The predicted molar refractivity (Wildman–Crippen MR) is 213 cm³/mol. The summed E-state index contributed by atoms with van der Waals surface area (Å²) in [4.78, 5) is 36.6. The Labute approximate surface area is 318 Å². The predicted octanol–water partition coefficient (Wildman–Crippen LogP) is 9.52. The number of unbranched alkanes of at least 4 members (excludes halogenated alkanes) is 14. The van der Waals surface area contributed by atoms with Gasteiger partial charge in [0.15, 0.2) is 6.10 Å². The van der Waals surface area contributed by atoms with E-state index in [0.717, 1.165) is 51.4 Å². The molecule has 8 heteroatoms. The zero-order valence-electron chi connectivity index (χ0n) is 34.0. The van der Waals surface area contributed by atoms with Gasteiger partial charge >= 0.3 is 11.9 Å². The Morgan fingerprint density at radius 3 is 1.69 bits per heavy atom. The van der Waals surface area contributed by atoms with Gasteiger partial charge < -0.3 is 28.6 Å². The highest BCUT2D eigenvalue weighted by atomic mass is 16.6. The van der Waals surface area contributed by atoms with Gasteiger partial charge in [-0.05, 0) is 57.8 Å². The first-order valence-corrected chi connectivity index (χ1v) is 20.7. The summed E-state index contributed by atoms with van der Waals surface area (Å²) in [5.41, 5.74) is 0. The van der Waals surface area contributed by atoms with Gasteiger partial charge in [-0.3, -0.25) is 9.59 Å². The second kappa shape index (κ2) is 35.3. The molecular formula is C44H77NO7. The molecule has 8 nitrogen and oxygen atoms in total. The molecule has 0 aromatic carbocycles. The molecule has 2 atom stereocenters. The number of esters is 2. The van der Waals surface area contributed by atoms with E-state index < -0.39 is 18.1 Å². The lowest BCUT2D eigenvalue weighted by Crippen LogP contribution is -2.55. The summed E-state index contributed by atoms with van der Waals surface area (Å²) in [7, 11) is 5.38. The fourth-order valence-electron chi connectivity index (χ4n) is 5.75. The number of allylic oxidation sites excluding steroid dienone is 8. The smallest absolute Gasteiger partial charge is 0.306 e. The van der Waals surface area contributed by atoms with E-state index in [2.05, 4.69) is 56.4 Å². The lowest BCUT2D eigenvalue weighted by molar-refractivity contribution is -0.889. The van der Waals surface area contributed by atoms with Crippen molar-refractivity contribution >= 4 is 17.9 Å². The molecular weight excluding hydrogens is 654 g/mol. The number of quaternary nitrogens is 1. The summed E-state index contributed by atoms with van der Waals surface area (Å²) in [6, 6.07) is -0.729. The average Bonchev–Trinajstić information content (AvgIpc) is 3.09. The molecule has 0 amide bonds. The molecule has 0 rings (SSSR count). The van der Waals surface area contributed by atoms with Gasteiger partial charge in [-0.2, -0.15) is 0 Å². The van der Waals surface area contributed by atoms with Crippen LogP contribution in [0.4, 0.5) is 0 Å². The van der Waals surface area contributed by atoms with Crippen LogP contribution in [0, 0.1) is 0 Å². The van der Waals surface area contributed by atoms with E-state index in [4.69, 9.17) is 14.2 Å². The van der Waals surface area contributed by atoms with Crippen molar-refractivity contribution in [2.45, 2.75) is 174 Å². The van der Waals surface area contributed by atoms with Crippen LogP contribution < -0.4 is 5.11 Å². The first kappa shape index (κ1) is 49.3. The Morgan fingerprint density at radius 1 is 0.596 bits per heavy atom. The molecule has 52 heavy (non-hydrogen) atoms. The van der Waals surface area contributed by atoms with Gasteiger partial charge in [0.2, 0.25) is 0 Å². The fourth-order valence-corrected chi connectivity index (χ4v) is 5.75. The number of carboxylic acids is 1. The Kier molecular flexibility index (Phi) is 33.5. The van der Waals surface area contributed by atoms with Crippen LogP contribution in [0.2, 0.25) is 0 Å². The molecule has 0 saturated heterocycles. The molecule has 300 valence electrons. The van der Waals surface area contributed by atoms with Crippen molar-refractivity contribution in [3.05, 3.63) is 48.6 Å². The molecule has 0 bridgehead atoms. The number of carboxylic acid groups (broad SMARTS) is 1. The Balaban J connectivity index is 4.24. The van der Waals surface area contributed by atoms with Crippen molar-refractivity contribution in [1.82, 2.24) is 0 Å². The van der Waals surface area contributed by atoms with Crippen LogP contribution in [0.3, 0.4) is 0 Å². The van der Waals surface area contributed by atoms with Crippen LogP contribution in [0.5, 0.6) is 0 Å². The zero-order valence-corrected chi connectivity index (χ0v) is 34.0. The molecule has 0 aromatic heterocycles. The maximum absolute atomic E-state index is 12.7. The summed E-state index contributed by atoms with van der Waals surface area (Å²) in [6.45, 7) is 4.43. The maximum Gasteiger partial charge on any atom is 0.306 e. The lowest BCUT2D eigenvalue weighted by atomic mass is 10.0. The van der Waals surface area contributed by atoms with Crippen molar-refractivity contribution in [1.29, 1.82) is 0 Å². The fraction of sp³-hybridized carbons (Fsp3) is 0.750. The van der Waals surface area contributed by atoms with E-state index in [0.29, 0.717) is 12.8 Å². The van der Waals surface area contributed by atoms with Crippen molar-refractivity contribution in [2.75, 3.05) is 41.0 Å². The van der Waals surface area contributed by atoms with E-state index >= 15 is 0 Å². The molecule has 2 unspecified atom stereocenters. The van der Waals surface area contributed by atoms with Gasteiger partial charge in [0.05, 0.1) is 40.3 Å². The van der Waals surface area contributed by atoms with E-state index in [1.807, 2.05) is 6.08 Å². The summed E-state index contributed by atoms with van der Waals surface area (Å²) < 4.78 is 17.0. The summed E-state index contributed by atoms with van der Waals surface area (Å²) in [5, 5.41) is 11.6. The lowest BCUT2D eigenvalue weighted by Gasteiger charge is -2.34. The second-order valence-electron chi connectivity index (χ2n) is 14.8. The quantitative estimate of drug-likeness (QED) is 0.0274. The number of ether oxygens (including phenoxy) is 3. The number of hydrogen-bond donors (Lipinski definition) is 0. The highest BCUT2D eigenvalue weighted by molar-refractivity contribution is 5.70. The van der Waals surface area contributed by atoms with E-state index in [-0.39, 0.29) is 49.1 Å². The van der Waals surface area contributed by atoms with Crippen molar-refractivity contribution < 1.29 is 38.2 Å². The molecule has 0 saturated carbocycles. The van der Waals surface area contributed by atoms with E-state index in [1.54, 1.807) is 21.1 Å². The van der Waals surface area contributed by atoms with Crippen LogP contribution in [0.1, 0.15) is 162 Å². The molecule has 0 spiro atoms. The van der Waals surface area contributed by atoms with Gasteiger partial charge in [0, 0.05) is 19.3 Å². The summed E-state index contributed by atoms with van der Waals surface area (Å²) >= 11 is 0. The minimum atomic E-state index is -1.13. The van der Waals surface area contributed by atoms with Gasteiger partial charge in [0.25, 0.3) is 0 Å². The first-order valence-electron chi connectivity index (χ1n) is 20.7. The second-order valence-corrected chi connectivity index (χ2v) is 14.8. The average molecular weight is 732 g/mol. The molecule has 0 heterocycles. The number of carbonyl (C=O) groups is 3. The maximum atomic E-state index is 12.7. The summed E-state index contributed by atoms with van der Waals surface area (Å²) in [5.74, 6) is -1.81. The van der Waals surface area contributed by atoms with E-state index in [1.165, 1.54) is 70.6 Å². The zero-order chi connectivity index (χ0) is 38.5. The number of hydrogen-bond acceptors (Lipinski definition) is 7. The normalized spacial score (nSPS) is 13.5. The highest BCUT2D eigenvalue weighted by Crippen LogP contribution is 2.14. The molecule has 0 radical (unpaired) electrons. The molecule has 0 aliphatic heterocycles. The minimum Gasteiger partial charge on any atom is -0.544 e. The van der Waals surface area contributed by atoms with Crippen LogP contribution >= 0.6 is 0 Å². The third-order valence-electron chi connectivity index (χ3n) is 8.96. The number of likely N-dealkylation sites (N-methyl/N-ethyl adjacent to an activating group) is 1. The largest absolute Gasteiger partial charge is 0.544 e. The van der Waals surface area contributed by atoms with Crippen molar-refractivity contribution in [3.63, 3.8) is 0 Å². The third-order valence-corrected chi connectivity index (χ3v) is 8.96. The van der Waals surface area contributed by atoms with Crippen LogP contribution in [0.25, 0.3) is 0 Å². The Hall–Kier alpha value is -2.71.